The lowest BCUT2D eigenvalue weighted by atomic mass is 10.2. The van der Waals surface area contributed by atoms with Gasteiger partial charge in [0.2, 0.25) is 0 Å². The number of hydrogen-bond acceptors (Lipinski definition) is 3. The number of rotatable bonds is 2. The molecule has 0 saturated carbocycles. The van der Waals surface area contributed by atoms with Crippen LogP contribution >= 0.6 is 31.9 Å². The van der Waals surface area contributed by atoms with Gasteiger partial charge in [0.1, 0.15) is 0 Å². The zero-order valence-electron chi connectivity index (χ0n) is 9.46. The molecule has 94 valence electrons. The van der Waals surface area contributed by atoms with Crippen molar-refractivity contribution in [3.8, 4) is 0 Å². The van der Waals surface area contributed by atoms with Crippen molar-refractivity contribution in [2.75, 3.05) is 11.1 Å². The summed E-state index contributed by atoms with van der Waals surface area (Å²) < 4.78 is 6.41. The third kappa shape index (κ3) is 2.76. The number of furan rings is 1. The molecule has 1 heterocycles. The highest BCUT2D eigenvalue weighted by molar-refractivity contribution is 9.10. The van der Waals surface area contributed by atoms with Crippen LogP contribution in [-0.2, 0) is 0 Å². The topological polar surface area (TPSA) is 68.3 Å². The van der Waals surface area contributed by atoms with Crippen molar-refractivity contribution in [1.29, 1.82) is 0 Å². The van der Waals surface area contributed by atoms with Crippen LogP contribution in [0.3, 0.4) is 0 Å². The van der Waals surface area contributed by atoms with Gasteiger partial charge in [-0.1, -0.05) is 0 Å². The first-order valence-corrected chi connectivity index (χ1v) is 6.68. The van der Waals surface area contributed by atoms with Crippen LogP contribution in [-0.4, -0.2) is 5.91 Å². The number of amides is 1. The van der Waals surface area contributed by atoms with E-state index in [-0.39, 0.29) is 11.7 Å². The number of nitrogens with one attached hydrogen (secondary N) is 1. The highest BCUT2D eigenvalue weighted by Crippen LogP contribution is 2.30. The van der Waals surface area contributed by atoms with Gasteiger partial charge in [-0.2, -0.15) is 0 Å². The molecule has 18 heavy (non-hydrogen) atoms. The highest BCUT2D eigenvalue weighted by atomic mass is 79.9. The van der Waals surface area contributed by atoms with Crippen LogP contribution in [0.2, 0.25) is 0 Å². The van der Waals surface area contributed by atoms with E-state index in [1.807, 2.05) is 13.0 Å². The van der Waals surface area contributed by atoms with Gasteiger partial charge in [0, 0.05) is 4.47 Å². The van der Waals surface area contributed by atoms with E-state index in [9.17, 15) is 4.79 Å². The zero-order valence-corrected chi connectivity index (χ0v) is 12.6. The standard InChI is InChI=1S/C12H10Br2N2O2/c1-6-4-7(13)11(8(15)5-6)16-12(17)9-2-3-10(14)18-9/h2-5H,15H2,1H3,(H,16,17). The fourth-order valence-electron chi connectivity index (χ4n) is 1.51. The Morgan fingerprint density at radius 1 is 1.33 bits per heavy atom. The van der Waals surface area contributed by atoms with E-state index < -0.39 is 0 Å². The normalized spacial score (nSPS) is 10.4. The second kappa shape index (κ2) is 5.16. The van der Waals surface area contributed by atoms with Crippen LogP contribution in [0.5, 0.6) is 0 Å². The molecule has 2 aromatic rings. The van der Waals surface area contributed by atoms with Crippen LogP contribution in [0.25, 0.3) is 0 Å². The van der Waals surface area contributed by atoms with Crippen molar-refractivity contribution in [2.24, 2.45) is 0 Å². The van der Waals surface area contributed by atoms with Gasteiger partial charge in [0.15, 0.2) is 10.4 Å². The first-order valence-electron chi connectivity index (χ1n) is 5.09. The van der Waals surface area contributed by atoms with Crippen molar-refractivity contribution in [1.82, 2.24) is 0 Å². The Hall–Kier alpha value is -1.27. The average molecular weight is 374 g/mol. The fraction of sp³-hybridized carbons (Fsp3) is 0.0833. The minimum absolute atomic E-state index is 0.216. The summed E-state index contributed by atoms with van der Waals surface area (Å²) in [6.07, 6.45) is 0. The summed E-state index contributed by atoms with van der Waals surface area (Å²) in [7, 11) is 0. The summed E-state index contributed by atoms with van der Waals surface area (Å²) in [5.74, 6) is -0.134. The van der Waals surface area contributed by atoms with Crippen molar-refractivity contribution in [2.45, 2.75) is 6.92 Å². The highest BCUT2D eigenvalue weighted by Gasteiger charge is 2.14. The van der Waals surface area contributed by atoms with Gasteiger partial charge in [0.05, 0.1) is 11.4 Å². The third-order valence-electron chi connectivity index (χ3n) is 2.30. The molecule has 4 nitrogen and oxygen atoms in total. The lowest BCUT2D eigenvalue weighted by molar-refractivity contribution is 0.0995. The molecular weight excluding hydrogens is 364 g/mol. The zero-order chi connectivity index (χ0) is 13.3. The summed E-state index contributed by atoms with van der Waals surface area (Å²) in [4.78, 5) is 11.9. The predicted molar refractivity (Wildman–Crippen MR) is 77.7 cm³/mol. The van der Waals surface area contributed by atoms with Crippen LogP contribution in [0.15, 0.2) is 37.8 Å². The van der Waals surface area contributed by atoms with Crippen molar-refractivity contribution in [3.63, 3.8) is 0 Å². The van der Waals surface area contributed by atoms with Gasteiger partial charge in [-0.15, -0.1) is 0 Å². The largest absolute Gasteiger partial charge is 0.444 e. The first-order chi connectivity index (χ1) is 8.47. The lowest BCUT2D eigenvalue weighted by Crippen LogP contribution is -2.13. The Morgan fingerprint density at radius 3 is 2.61 bits per heavy atom. The number of nitrogen functional groups attached to an aromatic ring is 1. The molecule has 0 unspecified atom stereocenters. The number of halogens is 2. The molecule has 0 fully saturated rings. The number of nitrogens with two attached hydrogens (primary N) is 1. The maximum atomic E-state index is 11.9. The molecule has 0 aliphatic rings. The molecule has 0 radical (unpaired) electrons. The van der Waals surface area contributed by atoms with Crippen LogP contribution < -0.4 is 11.1 Å². The summed E-state index contributed by atoms with van der Waals surface area (Å²) >= 11 is 6.51. The van der Waals surface area contributed by atoms with Crippen molar-refractivity contribution in [3.05, 3.63) is 44.7 Å². The number of hydrogen-bond donors (Lipinski definition) is 2. The smallest absolute Gasteiger partial charge is 0.291 e. The molecule has 2 rings (SSSR count). The summed E-state index contributed by atoms with van der Waals surface area (Å²) in [5, 5.41) is 2.71. The van der Waals surface area contributed by atoms with E-state index in [2.05, 4.69) is 37.2 Å². The SMILES string of the molecule is Cc1cc(N)c(NC(=O)c2ccc(Br)o2)c(Br)c1. The average Bonchev–Trinajstić information content (AvgIpc) is 2.70. The van der Waals surface area contributed by atoms with E-state index >= 15 is 0 Å². The van der Waals surface area contributed by atoms with Crippen LogP contribution in [0.1, 0.15) is 16.1 Å². The summed E-state index contributed by atoms with van der Waals surface area (Å²) in [5.41, 5.74) is 7.92. The fourth-order valence-corrected chi connectivity index (χ4v) is 2.51. The van der Waals surface area contributed by atoms with E-state index in [1.54, 1.807) is 18.2 Å². The van der Waals surface area contributed by atoms with E-state index in [0.29, 0.717) is 16.0 Å². The first kappa shape index (κ1) is 13.2. The molecule has 3 N–H and O–H groups in total. The minimum Gasteiger partial charge on any atom is -0.444 e. The molecule has 0 atom stereocenters. The predicted octanol–water partition coefficient (Wildman–Crippen LogP) is 3.95. The van der Waals surface area contributed by atoms with E-state index in [0.717, 1.165) is 10.0 Å². The Labute approximate surface area is 121 Å². The molecule has 6 heteroatoms. The molecule has 0 saturated heterocycles. The molecule has 0 aliphatic carbocycles. The maximum Gasteiger partial charge on any atom is 0.291 e. The Morgan fingerprint density at radius 2 is 2.06 bits per heavy atom. The molecular formula is C12H10Br2N2O2. The quantitative estimate of drug-likeness (QED) is 0.783. The second-order valence-corrected chi connectivity index (χ2v) is 5.40. The second-order valence-electron chi connectivity index (χ2n) is 3.77. The number of anilines is 2. The molecule has 1 aromatic heterocycles. The van der Waals surface area contributed by atoms with E-state index in [1.165, 1.54) is 0 Å². The Kier molecular flexibility index (Phi) is 3.77. The monoisotopic (exact) mass is 372 g/mol. The van der Waals surface area contributed by atoms with Crippen molar-refractivity contribution >= 4 is 49.1 Å². The number of carbonyl (C=O) groups excluding carboxylic acids is 1. The molecule has 1 aromatic carbocycles. The maximum absolute atomic E-state index is 11.9. The minimum atomic E-state index is -0.350. The van der Waals surface area contributed by atoms with Gasteiger partial charge >= 0.3 is 0 Å². The van der Waals surface area contributed by atoms with Crippen molar-refractivity contribution < 1.29 is 9.21 Å². The molecule has 0 spiro atoms. The van der Waals surface area contributed by atoms with Crippen LogP contribution in [0, 0.1) is 6.92 Å². The third-order valence-corrected chi connectivity index (χ3v) is 3.35. The molecule has 1 amide bonds. The van der Waals surface area contributed by atoms with Gasteiger partial charge in [-0.25, -0.2) is 0 Å². The number of aryl methyl sites for hydroxylation is 1. The number of carbonyl (C=O) groups is 1. The summed E-state index contributed by atoms with van der Waals surface area (Å²) in [6, 6.07) is 6.91. The van der Waals surface area contributed by atoms with E-state index in [4.69, 9.17) is 10.2 Å². The van der Waals surface area contributed by atoms with Gasteiger partial charge in [-0.05, 0) is 68.6 Å². The van der Waals surface area contributed by atoms with Gasteiger partial charge < -0.3 is 15.5 Å². The molecule has 0 bridgehead atoms. The molecule has 0 aliphatic heterocycles. The lowest BCUT2D eigenvalue weighted by Gasteiger charge is -2.10. The van der Waals surface area contributed by atoms with Gasteiger partial charge in [0.25, 0.3) is 5.91 Å². The van der Waals surface area contributed by atoms with Crippen LogP contribution in [0.4, 0.5) is 11.4 Å². The number of benzene rings is 1. The Balaban J connectivity index is 2.27. The Bertz CT molecular complexity index is 585. The van der Waals surface area contributed by atoms with Gasteiger partial charge in [-0.3, -0.25) is 4.79 Å². The summed E-state index contributed by atoms with van der Waals surface area (Å²) in [6.45, 7) is 1.93.